The van der Waals surface area contributed by atoms with Crippen LogP contribution in [0.1, 0.15) is 18.4 Å². The van der Waals surface area contributed by atoms with E-state index in [4.69, 9.17) is 0 Å². The molecule has 0 atom stereocenters. The highest BCUT2D eigenvalue weighted by Gasteiger charge is 2.31. The standard InChI is InChI=1S/C12H13F4NOS/c13-10-2-1-8(12(14,15)16)7-11(10)17-9-3-5-19(18)6-4-9/h1-2,7,9,17H,3-6H2. The quantitative estimate of drug-likeness (QED) is 0.849. The van der Waals surface area contributed by atoms with Crippen LogP contribution >= 0.6 is 0 Å². The summed E-state index contributed by atoms with van der Waals surface area (Å²) in [6.07, 6.45) is -3.34. The van der Waals surface area contributed by atoms with E-state index in [1.807, 2.05) is 0 Å². The summed E-state index contributed by atoms with van der Waals surface area (Å²) in [6.45, 7) is 0. The number of benzene rings is 1. The first-order valence-electron chi connectivity index (χ1n) is 5.84. The molecule has 0 saturated carbocycles. The Hall–Kier alpha value is -1.11. The number of nitrogens with one attached hydrogen (secondary N) is 1. The van der Waals surface area contributed by atoms with Gasteiger partial charge in [-0.25, -0.2) is 4.39 Å². The Labute approximate surface area is 110 Å². The molecule has 1 saturated heterocycles. The van der Waals surface area contributed by atoms with Crippen LogP contribution in [-0.2, 0) is 17.0 Å². The molecule has 0 aromatic heterocycles. The molecular formula is C12H13F4NOS. The van der Waals surface area contributed by atoms with E-state index >= 15 is 0 Å². The van der Waals surface area contributed by atoms with Crippen molar-refractivity contribution in [2.45, 2.75) is 25.1 Å². The van der Waals surface area contributed by atoms with E-state index in [1.54, 1.807) is 0 Å². The summed E-state index contributed by atoms with van der Waals surface area (Å²) < 4.78 is 62.3. The summed E-state index contributed by atoms with van der Waals surface area (Å²) in [5.74, 6) is 0.288. The van der Waals surface area contributed by atoms with Gasteiger partial charge in [-0.2, -0.15) is 13.2 Å². The van der Waals surface area contributed by atoms with E-state index in [0.29, 0.717) is 24.3 Å². The highest BCUT2D eigenvalue weighted by atomic mass is 32.2. The normalized spacial score (nSPS) is 24.2. The molecule has 0 radical (unpaired) electrons. The van der Waals surface area contributed by atoms with Crippen LogP contribution in [0.3, 0.4) is 0 Å². The van der Waals surface area contributed by atoms with Crippen LogP contribution in [0.25, 0.3) is 0 Å². The van der Waals surface area contributed by atoms with Gasteiger partial charge in [0.2, 0.25) is 0 Å². The van der Waals surface area contributed by atoms with Crippen LogP contribution in [0.15, 0.2) is 18.2 Å². The van der Waals surface area contributed by atoms with E-state index in [1.165, 1.54) is 0 Å². The molecule has 1 aliphatic heterocycles. The molecule has 2 rings (SSSR count). The summed E-state index contributed by atoms with van der Waals surface area (Å²) >= 11 is 0. The van der Waals surface area contributed by atoms with Crippen LogP contribution in [0.4, 0.5) is 23.2 Å². The molecule has 0 spiro atoms. The van der Waals surface area contributed by atoms with Crippen molar-refractivity contribution in [3.05, 3.63) is 29.6 Å². The molecule has 1 heterocycles. The van der Waals surface area contributed by atoms with Crippen molar-refractivity contribution in [2.75, 3.05) is 16.8 Å². The number of halogens is 4. The van der Waals surface area contributed by atoms with Crippen molar-refractivity contribution in [3.8, 4) is 0 Å². The zero-order valence-electron chi connectivity index (χ0n) is 9.97. The molecule has 0 amide bonds. The monoisotopic (exact) mass is 295 g/mol. The van der Waals surface area contributed by atoms with Gasteiger partial charge in [0.1, 0.15) is 5.82 Å². The number of anilines is 1. The molecule has 1 aromatic carbocycles. The Morgan fingerprint density at radius 1 is 1.21 bits per heavy atom. The smallest absolute Gasteiger partial charge is 0.380 e. The molecule has 0 aliphatic carbocycles. The number of hydrogen-bond donors (Lipinski definition) is 1. The van der Waals surface area contributed by atoms with Gasteiger partial charge in [0.15, 0.2) is 0 Å². The minimum absolute atomic E-state index is 0.129. The van der Waals surface area contributed by atoms with Crippen molar-refractivity contribution < 1.29 is 21.8 Å². The minimum atomic E-state index is -4.49. The second-order valence-electron chi connectivity index (χ2n) is 4.46. The van der Waals surface area contributed by atoms with Gasteiger partial charge in [0.25, 0.3) is 0 Å². The zero-order valence-corrected chi connectivity index (χ0v) is 10.8. The molecule has 0 unspecified atom stereocenters. The maximum atomic E-state index is 13.5. The third kappa shape index (κ3) is 3.68. The molecule has 1 fully saturated rings. The lowest BCUT2D eigenvalue weighted by Gasteiger charge is -2.24. The van der Waals surface area contributed by atoms with Gasteiger partial charge in [-0.1, -0.05) is 0 Å². The van der Waals surface area contributed by atoms with Gasteiger partial charge in [-0.15, -0.1) is 0 Å². The predicted octanol–water partition coefficient (Wildman–Crippen LogP) is 3.17. The van der Waals surface area contributed by atoms with Gasteiger partial charge in [0.05, 0.1) is 11.3 Å². The van der Waals surface area contributed by atoms with Crippen molar-refractivity contribution in [1.29, 1.82) is 0 Å². The lowest BCUT2D eigenvalue weighted by atomic mass is 10.1. The zero-order chi connectivity index (χ0) is 14.0. The number of alkyl halides is 3. The van der Waals surface area contributed by atoms with Crippen LogP contribution in [0.2, 0.25) is 0 Å². The van der Waals surface area contributed by atoms with Crippen LogP contribution < -0.4 is 5.32 Å². The van der Waals surface area contributed by atoms with Gasteiger partial charge < -0.3 is 5.32 Å². The summed E-state index contributed by atoms with van der Waals surface area (Å²) in [5.41, 5.74) is -1.02. The second kappa shape index (κ2) is 5.48. The Morgan fingerprint density at radius 2 is 1.84 bits per heavy atom. The minimum Gasteiger partial charge on any atom is -0.380 e. The number of rotatable bonds is 2. The van der Waals surface area contributed by atoms with E-state index < -0.39 is 28.4 Å². The fraction of sp³-hybridized carbons (Fsp3) is 0.500. The third-order valence-corrected chi connectivity index (χ3v) is 4.42. The van der Waals surface area contributed by atoms with E-state index in [9.17, 15) is 21.8 Å². The van der Waals surface area contributed by atoms with Crippen LogP contribution in [0, 0.1) is 5.82 Å². The molecule has 1 aliphatic rings. The van der Waals surface area contributed by atoms with Crippen molar-refractivity contribution in [1.82, 2.24) is 0 Å². The lowest BCUT2D eigenvalue weighted by molar-refractivity contribution is -0.137. The second-order valence-corrected chi connectivity index (χ2v) is 6.16. The van der Waals surface area contributed by atoms with Crippen molar-refractivity contribution in [2.24, 2.45) is 0 Å². The molecular weight excluding hydrogens is 282 g/mol. The summed E-state index contributed by atoms with van der Waals surface area (Å²) in [4.78, 5) is 0. The summed E-state index contributed by atoms with van der Waals surface area (Å²) in [6, 6.07) is 2.18. The largest absolute Gasteiger partial charge is 0.416 e. The Balaban J connectivity index is 2.13. The van der Waals surface area contributed by atoms with E-state index in [2.05, 4.69) is 5.32 Å². The van der Waals surface area contributed by atoms with E-state index in [0.717, 1.165) is 18.2 Å². The Morgan fingerprint density at radius 3 is 2.42 bits per heavy atom. The Kier molecular flexibility index (Phi) is 4.13. The maximum absolute atomic E-state index is 13.5. The van der Waals surface area contributed by atoms with Gasteiger partial charge >= 0.3 is 6.18 Å². The first-order valence-corrected chi connectivity index (χ1v) is 7.33. The fourth-order valence-electron chi connectivity index (χ4n) is 1.97. The third-order valence-electron chi connectivity index (χ3n) is 3.04. The first-order chi connectivity index (χ1) is 8.86. The average molecular weight is 295 g/mol. The first kappa shape index (κ1) is 14.3. The lowest BCUT2D eigenvalue weighted by Crippen LogP contribution is -2.29. The average Bonchev–Trinajstić information content (AvgIpc) is 2.33. The molecule has 1 N–H and O–H groups in total. The molecule has 2 nitrogen and oxygen atoms in total. The van der Waals surface area contributed by atoms with Gasteiger partial charge in [-0.3, -0.25) is 4.21 Å². The molecule has 106 valence electrons. The molecule has 1 aromatic rings. The van der Waals surface area contributed by atoms with Gasteiger partial charge in [0, 0.05) is 28.3 Å². The molecule has 7 heteroatoms. The SMILES string of the molecule is O=S1CCC(Nc2cc(C(F)(F)F)ccc2F)CC1. The highest BCUT2D eigenvalue weighted by Crippen LogP contribution is 2.32. The maximum Gasteiger partial charge on any atom is 0.416 e. The fourth-order valence-corrected chi connectivity index (χ4v) is 3.27. The Bertz CT molecular complexity index is 479. The van der Waals surface area contributed by atoms with Gasteiger partial charge in [-0.05, 0) is 31.0 Å². The molecule has 0 bridgehead atoms. The van der Waals surface area contributed by atoms with E-state index in [-0.39, 0.29) is 11.7 Å². The van der Waals surface area contributed by atoms with Crippen LogP contribution in [0.5, 0.6) is 0 Å². The highest BCUT2D eigenvalue weighted by molar-refractivity contribution is 7.85. The topological polar surface area (TPSA) is 29.1 Å². The van der Waals surface area contributed by atoms with Crippen LogP contribution in [-0.4, -0.2) is 21.8 Å². The molecule has 19 heavy (non-hydrogen) atoms. The predicted molar refractivity (Wildman–Crippen MR) is 65.9 cm³/mol. The summed E-state index contributed by atoms with van der Waals surface area (Å²) in [7, 11) is -0.856. The summed E-state index contributed by atoms with van der Waals surface area (Å²) in [5, 5.41) is 2.77. The van der Waals surface area contributed by atoms with Crippen molar-refractivity contribution >= 4 is 16.5 Å². The number of hydrogen-bond acceptors (Lipinski definition) is 2. The van der Waals surface area contributed by atoms with Crippen molar-refractivity contribution in [3.63, 3.8) is 0 Å².